The summed E-state index contributed by atoms with van der Waals surface area (Å²) in [5, 5.41) is 3.16. The summed E-state index contributed by atoms with van der Waals surface area (Å²) >= 11 is 0. The Bertz CT molecular complexity index is 293. The van der Waals surface area contributed by atoms with Crippen LogP contribution >= 0.6 is 0 Å². The lowest BCUT2D eigenvalue weighted by Gasteiger charge is -2.29. The third-order valence-corrected chi connectivity index (χ3v) is 4.45. The summed E-state index contributed by atoms with van der Waals surface area (Å²) in [6.07, 6.45) is 9.70. The molecule has 1 saturated carbocycles. The van der Waals surface area contributed by atoms with E-state index >= 15 is 0 Å². The molecule has 1 heterocycles. The number of nitrogens with zero attached hydrogens (tertiary/aromatic N) is 1. The molecule has 4 heteroatoms. The van der Waals surface area contributed by atoms with E-state index in [4.69, 9.17) is 0 Å². The second-order valence-corrected chi connectivity index (χ2v) is 5.97. The van der Waals surface area contributed by atoms with Gasteiger partial charge in [-0.25, -0.2) is 0 Å². The summed E-state index contributed by atoms with van der Waals surface area (Å²) in [5.41, 5.74) is 0. The van der Waals surface area contributed by atoms with E-state index in [0.29, 0.717) is 12.5 Å². The Morgan fingerprint density at radius 2 is 1.79 bits per heavy atom. The molecule has 0 aromatic carbocycles. The maximum atomic E-state index is 11.9. The first-order chi connectivity index (χ1) is 9.28. The highest BCUT2D eigenvalue weighted by Crippen LogP contribution is 2.18. The Morgan fingerprint density at radius 3 is 2.42 bits per heavy atom. The zero-order valence-corrected chi connectivity index (χ0v) is 11.8. The summed E-state index contributed by atoms with van der Waals surface area (Å²) in [6, 6.07) is 0.419. The molecule has 1 amide bonds. The second kappa shape index (κ2) is 7.63. The molecule has 0 bridgehead atoms. The Kier molecular flexibility index (Phi) is 5.83. The van der Waals surface area contributed by atoms with Crippen LogP contribution in [-0.4, -0.2) is 42.8 Å². The molecule has 19 heavy (non-hydrogen) atoms. The van der Waals surface area contributed by atoms with Crippen LogP contribution in [0.25, 0.3) is 0 Å². The number of hydrogen-bond donors (Lipinski definition) is 1. The summed E-state index contributed by atoms with van der Waals surface area (Å²) in [7, 11) is 0. The molecule has 2 rings (SSSR count). The van der Waals surface area contributed by atoms with E-state index in [1.54, 1.807) is 0 Å². The van der Waals surface area contributed by atoms with Gasteiger partial charge in [0, 0.05) is 24.9 Å². The first-order valence-corrected chi connectivity index (χ1v) is 7.75. The van der Waals surface area contributed by atoms with E-state index in [-0.39, 0.29) is 11.8 Å². The van der Waals surface area contributed by atoms with Crippen LogP contribution in [0.15, 0.2) is 0 Å². The van der Waals surface area contributed by atoms with Crippen LogP contribution in [0, 0.1) is 5.92 Å². The first-order valence-electron chi connectivity index (χ1n) is 7.75. The molecule has 0 spiro atoms. The fourth-order valence-corrected chi connectivity index (χ4v) is 3.12. The number of amides is 1. The maximum Gasteiger partial charge on any atom is 0.221 e. The molecular formula is C15H26N2O2. The van der Waals surface area contributed by atoms with Crippen LogP contribution in [-0.2, 0) is 9.59 Å². The van der Waals surface area contributed by atoms with Crippen molar-refractivity contribution in [3.05, 3.63) is 0 Å². The van der Waals surface area contributed by atoms with Gasteiger partial charge in [-0.3, -0.25) is 4.79 Å². The monoisotopic (exact) mass is 266 g/mol. The minimum Gasteiger partial charge on any atom is -0.353 e. The highest BCUT2D eigenvalue weighted by Gasteiger charge is 2.20. The lowest BCUT2D eigenvalue weighted by molar-refractivity contribution is -0.122. The van der Waals surface area contributed by atoms with Gasteiger partial charge in [0.15, 0.2) is 0 Å². The van der Waals surface area contributed by atoms with Gasteiger partial charge in [0.05, 0.1) is 0 Å². The van der Waals surface area contributed by atoms with Crippen molar-refractivity contribution in [3.63, 3.8) is 0 Å². The lowest BCUT2D eigenvalue weighted by Crippen LogP contribution is -2.40. The highest BCUT2D eigenvalue weighted by molar-refractivity contribution is 5.76. The molecule has 1 N–H and O–H groups in total. The number of hydrogen-bond acceptors (Lipinski definition) is 3. The Labute approximate surface area is 115 Å². The van der Waals surface area contributed by atoms with Crippen molar-refractivity contribution < 1.29 is 9.59 Å². The molecule has 1 saturated heterocycles. The molecule has 2 aliphatic rings. The molecule has 0 radical (unpaired) electrons. The third-order valence-electron chi connectivity index (χ3n) is 4.45. The minimum atomic E-state index is 0.199. The summed E-state index contributed by atoms with van der Waals surface area (Å²) in [4.78, 5) is 24.9. The predicted octanol–water partition coefficient (Wildman–Crippen LogP) is 1.74. The number of nitrogens with one attached hydrogen (secondary N) is 1. The zero-order chi connectivity index (χ0) is 13.5. The van der Waals surface area contributed by atoms with E-state index in [0.717, 1.165) is 51.6 Å². The van der Waals surface area contributed by atoms with Crippen molar-refractivity contribution in [2.45, 2.75) is 57.4 Å². The molecule has 1 aliphatic heterocycles. The van der Waals surface area contributed by atoms with Crippen LogP contribution in [0.3, 0.4) is 0 Å². The Balaban J connectivity index is 1.59. The number of rotatable bonds is 5. The number of piperidine rings is 1. The van der Waals surface area contributed by atoms with Crippen LogP contribution in [0.4, 0.5) is 0 Å². The average Bonchev–Trinajstić information content (AvgIpc) is 2.47. The first kappa shape index (κ1) is 14.5. The summed E-state index contributed by atoms with van der Waals surface area (Å²) in [6.45, 7) is 2.75. The van der Waals surface area contributed by atoms with Gasteiger partial charge in [-0.2, -0.15) is 0 Å². The number of carbonyl (C=O) groups is 2. The van der Waals surface area contributed by atoms with Crippen LogP contribution in [0.5, 0.6) is 0 Å². The SMILES string of the molecule is O=CC1CCN(CCC(=O)NC2CCCCC2)CC1. The van der Waals surface area contributed by atoms with Crippen molar-refractivity contribution in [1.29, 1.82) is 0 Å². The molecule has 1 aliphatic carbocycles. The number of carbonyl (C=O) groups excluding carboxylic acids is 2. The Morgan fingerprint density at radius 1 is 1.11 bits per heavy atom. The van der Waals surface area contributed by atoms with Gasteiger partial charge >= 0.3 is 0 Å². The molecular weight excluding hydrogens is 240 g/mol. The molecule has 0 unspecified atom stereocenters. The van der Waals surface area contributed by atoms with Gasteiger partial charge in [0.1, 0.15) is 6.29 Å². The predicted molar refractivity (Wildman–Crippen MR) is 74.9 cm³/mol. The Hall–Kier alpha value is -0.900. The molecule has 0 atom stereocenters. The van der Waals surface area contributed by atoms with Crippen molar-refractivity contribution in [3.8, 4) is 0 Å². The third kappa shape index (κ3) is 4.94. The van der Waals surface area contributed by atoms with Gasteiger partial charge in [-0.05, 0) is 38.8 Å². The quantitative estimate of drug-likeness (QED) is 0.771. The lowest BCUT2D eigenvalue weighted by atomic mass is 9.95. The molecule has 0 aromatic rings. The number of likely N-dealkylation sites (tertiary alicyclic amines) is 1. The zero-order valence-electron chi connectivity index (χ0n) is 11.8. The summed E-state index contributed by atoms with van der Waals surface area (Å²) < 4.78 is 0. The fourth-order valence-electron chi connectivity index (χ4n) is 3.12. The second-order valence-electron chi connectivity index (χ2n) is 5.97. The van der Waals surface area contributed by atoms with Gasteiger partial charge in [-0.1, -0.05) is 19.3 Å². The van der Waals surface area contributed by atoms with E-state index in [1.165, 1.54) is 19.3 Å². The summed E-state index contributed by atoms with van der Waals surface area (Å²) in [5.74, 6) is 0.441. The van der Waals surface area contributed by atoms with Gasteiger partial charge in [0.25, 0.3) is 0 Å². The maximum absolute atomic E-state index is 11.9. The molecule has 108 valence electrons. The van der Waals surface area contributed by atoms with Gasteiger partial charge in [0.2, 0.25) is 5.91 Å². The van der Waals surface area contributed by atoms with E-state index < -0.39 is 0 Å². The molecule has 4 nitrogen and oxygen atoms in total. The topological polar surface area (TPSA) is 49.4 Å². The smallest absolute Gasteiger partial charge is 0.221 e. The van der Waals surface area contributed by atoms with E-state index in [1.807, 2.05) is 0 Å². The van der Waals surface area contributed by atoms with Gasteiger partial charge in [-0.15, -0.1) is 0 Å². The van der Waals surface area contributed by atoms with Crippen LogP contribution in [0.1, 0.15) is 51.4 Å². The molecule has 2 fully saturated rings. The number of aldehydes is 1. The normalized spacial score (nSPS) is 23.2. The van der Waals surface area contributed by atoms with E-state index in [2.05, 4.69) is 10.2 Å². The van der Waals surface area contributed by atoms with Crippen molar-refractivity contribution in [1.82, 2.24) is 10.2 Å². The average molecular weight is 266 g/mol. The van der Waals surface area contributed by atoms with Crippen molar-refractivity contribution in [2.75, 3.05) is 19.6 Å². The minimum absolute atomic E-state index is 0.199. The van der Waals surface area contributed by atoms with Crippen molar-refractivity contribution in [2.24, 2.45) is 5.92 Å². The standard InChI is InChI=1S/C15H26N2O2/c18-12-13-6-9-17(10-7-13)11-8-15(19)16-14-4-2-1-3-5-14/h12-14H,1-11H2,(H,16,19). The van der Waals surface area contributed by atoms with E-state index in [9.17, 15) is 9.59 Å². The molecule has 0 aromatic heterocycles. The van der Waals surface area contributed by atoms with Crippen molar-refractivity contribution >= 4 is 12.2 Å². The largest absolute Gasteiger partial charge is 0.353 e. The van der Waals surface area contributed by atoms with Gasteiger partial charge < -0.3 is 15.0 Å². The highest BCUT2D eigenvalue weighted by atomic mass is 16.1. The fraction of sp³-hybridized carbons (Fsp3) is 0.867. The van der Waals surface area contributed by atoms with Crippen LogP contribution in [0.2, 0.25) is 0 Å². The van der Waals surface area contributed by atoms with Crippen LogP contribution < -0.4 is 5.32 Å².